The molecule has 2 heterocycles. The average Bonchev–Trinajstić information content (AvgIpc) is 2.97. The third-order valence-corrected chi connectivity index (χ3v) is 7.49. The quantitative estimate of drug-likeness (QED) is 0.475. The molecule has 2 aliphatic heterocycles. The summed E-state index contributed by atoms with van der Waals surface area (Å²) in [5, 5.41) is 0. The molecule has 7 nitrogen and oxygen atoms in total. The van der Waals surface area contributed by atoms with E-state index in [0.29, 0.717) is 44.0 Å². The van der Waals surface area contributed by atoms with Crippen LogP contribution in [0, 0.1) is 11.7 Å². The number of para-hydroxylation sites is 2. The number of benzene rings is 3. The van der Waals surface area contributed by atoms with Crippen molar-refractivity contribution in [3.05, 3.63) is 84.2 Å². The molecule has 198 valence electrons. The second kappa shape index (κ2) is 11.1. The zero-order valence-corrected chi connectivity index (χ0v) is 21.7. The normalized spacial score (nSPS) is 19.9. The number of carbonyl (C=O) groups excluding carboxylic acids is 2. The zero-order chi connectivity index (χ0) is 26.6. The molecule has 2 aliphatic rings. The summed E-state index contributed by atoms with van der Waals surface area (Å²) >= 11 is 0. The molecule has 0 aliphatic carbocycles. The van der Waals surface area contributed by atoms with Crippen LogP contribution < -0.4 is 19.3 Å². The largest absolute Gasteiger partial charge is 0.497 e. The van der Waals surface area contributed by atoms with Crippen LogP contribution in [0.25, 0.3) is 0 Å². The Morgan fingerprint density at radius 1 is 0.868 bits per heavy atom. The SMILES string of the molecule is COc1ccc(N2C(=O)CC[C@H](C(=O)N3CCN(c4ccccc4OC)CC3)[C@@H]2c2ccc(F)cc2)cc1. The molecule has 0 bridgehead atoms. The van der Waals surface area contributed by atoms with E-state index in [1.807, 2.05) is 41.3 Å². The van der Waals surface area contributed by atoms with Crippen LogP contribution in [0.5, 0.6) is 11.5 Å². The summed E-state index contributed by atoms with van der Waals surface area (Å²) in [6.45, 7) is 2.50. The van der Waals surface area contributed by atoms with Crippen LogP contribution in [-0.4, -0.2) is 57.1 Å². The molecule has 2 atom stereocenters. The van der Waals surface area contributed by atoms with Crippen molar-refractivity contribution in [1.29, 1.82) is 0 Å². The average molecular weight is 518 g/mol. The van der Waals surface area contributed by atoms with Gasteiger partial charge >= 0.3 is 0 Å². The summed E-state index contributed by atoms with van der Waals surface area (Å²) in [4.78, 5) is 33.1. The molecule has 0 radical (unpaired) electrons. The maximum atomic E-state index is 14.0. The highest BCUT2D eigenvalue weighted by Crippen LogP contribution is 2.41. The Hall–Kier alpha value is -4.07. The van der Waals surface area contributed by atoms with Gasteiger partial charge in [0.15, 0.2) is 0 Å². The number of hydrogen-bond donors (Lipinski definition) is 0. The predicted octanol–water partition coefficient (Wildman–Crippen LogP) is 4.68. The van der Waals surface area contributed by atoms with Gasteiger partial charge in [-0.05, 0) is 60.5 Å². The first-order valence-corrected chi connectivity index (χ1v) is 12.9. The van der Waals surface area contributed by atoms with Crippen LogP contribution in [-0.2, 0) is 9.59 Å². The lowest BCUT2D eigenvalue weighted by Crippen LogP contribution is -2.54. The van der Waals surface area contributed by atoms with Crippen LogP contribution in [0.4, 0.5) is 15.8 Å². The van der Waals surface area contributed by atoms with E-state index in [4.69, 9.17) is 9.47 Å². The molecule has 0 N–H and O–H groups in total. The molecule has 2 fully saturated rings. The van der Waals surface area contributed by atoms with Crippen molar-refractivity contribution in [2.24, 2.45) is 5.92 Å². The van der Waals surface area contributed by atoms with E-state index in [0.717, 1.165) is 17.0 Å². The maximum absolute atomic E-state index is 14.0. The Morgan fingerprint density at radius 2 is 1.55 bits per heavy atom. The summed E-state index contributed by atoms with van der Waals surface area (Å²) in [6, 6.07) is 20.7. The van der Waals surface area contributed by atoms with E-state index in [1.54, 1.807) is 43.4 Å². The summed E-state index contributed by atoms with van der Waals surface area (Å²) in [5.74, 6) is 0.640. The van der Waals surface area contributed by atoms with E-state index in [9.17, 15) is 14.0 Å². The molecular formula is C30H32FN3O4. The minimum Gasteiger partial charge on any atom is -0.497 e. The smallest absolute Gasteiger partial charge is 0.228 e. The van der Waals surface area contributed by atoms with Crippen LogP contribution in [0.3, 0.4) is 0 Å². The zero-order valence-electron chi connectivity index (χ0n) is 21.7. The van der Waals surface area contributed by atoms with Gasteiger partial charge in [0.1, 0.15) is 17.3 Å². The second-order valence-corrected chi connectivity index (χ2v) is 9.59. The number of hydrogen-bond acceptors (Lipinski definition) is 5. The van der Waals surface area contributed by atoms with Gasteiger partial charge in [-0.25, -0.2) is 4.39 Å². The van der Waals surface area contributed by atoms with E-state index in [2.05, 4.69) is 4.90 Å². The summed E-state index contributed by atoms with van der Waals surface area (Å²) in [7, 11) is 3.25. The monoisotopic (exact) mass is 517 g/mol. The van der Waals surface area contributed by atoms with Gasteiger partial charge in [0.25, 0.3) is 0 Å². The lowest BCUT2D eigenvalue weighted by Gasteiger charge is -2.44. The molecule has 0 unspecified atom stereocenters. The van der Waals surface area contributed by atoms with E-state index >= 15 is 0 Å². The number of ether oxygens (including phenoxy) is 2. The third-order valence-electron chi connectivity index (χ3n) is 7.49. The maximum Gasteiger partial charge on any atom is 0.228 e. The minimum absolute atomic E-state index is 0.0185. The summed E-state index contributed by atoms with van der Waals surface area (Å²) in [6.07, 6.45) is 0.709. The van der Waals surface area contributed by atoms with Crippen LogP contribution in [0.1, 0.15) is 24.4 Å². The molecule has 8 heteroatoms. The second-order valence-electron chi connectivity index (χ2n) is 9.59. The molecule has 0 saturated carbocycles. The highest BCUT2D eigenvalue weighted by atomic mass is 19.1. The highest BCUT2D eigenvalue weighted by molar-refractivity contribution is 5.97. The first kappa shape index (κ1) is 25.6. The number of halogens is 1. The van der Waals surface area contributed by atoms with Gasteiger partial charge in [-0.15, -0.1) is 0 Å². The number of carbonyl (C=O) groups is 2. The highest BCUT2D eigenvalue weighted by Gasteiger charge is 2.43. The number of anilines is 2. The lowest BCUT2D eigenvalue weighted by atomic mass is 9.82. The topological polar surface area (TPSA) is 62.3 Å². The number of methoxy groups -OCH3 is 2. The Labute approximate surface area is 222 Å². The van der Waals surface area contributed by atoms with Crippen molar-refractivity contribution in [2.45, 2.75) is 18.9 Å². The standard InChI is InChI=1S/C30H32FN3O4/c1-37-24-13-11-23(12-14-24)34-28(35)16-15-25(29(34)21-7-9-22(31)10-8-21)30(36)33-19-17-32(18-20-33)26-5-3-4-6-27(26)38-2/h3-14,25,29H,15-20H2,1-2H3/t25-,29-/m0/s1. The minimum atomic E-state index is -0.537. The van der Waals surface area contributed by atoms with Crippen molar-refractivity contribution < 1.29 is 23.5 Å². The van der Waals surface area contributed by atoms with Gasteiger partial charge in [-0.2, -0.15) is 0 Å². The van der Waals surface area contributed by atoms with E-state index in [1.165, 1.54) is 12.1 Å². The third kappa shape index (κ3) is 5.03. The van der Waals surface area contributed by atoms with Gasteiger partial charge in [-0.3, -0.25) is 9.59 Å². The van der Waals surface area contributed by atoms with Crippen LogP contribution >= 0.6 is 0 Å². The van der Waals surface area contributed by atoms with Crippen molar-refractivity contribution >= 4 is 23.2 Å². The molecule has 3 aromatic carbocycles. The van der Waals surface area contributed by atoms with Gasteiger partial charge in [0, 0.05) is 38.3 Å². The van der Waals surface area contributed by atoms with Crippen LogP contribution in [0.15, 0.2) is 72.8 Å². The van der Waals surface area contributed by atoms with Gasteiger partial charge in [0.05, 0.1) is 31.9 Å². The molecule has 38 heavy (non-hydrogen) atoms. The lowest BCUT2D eigenvalue weighted by molar-refractivity contribution is -0.138. The number of piperazine rings is 1. The first-order valence-electron chi connectivity index (χ1n) is 12.9. The summed E-state index contributed by atoms with van der Waals surface area (Å²) in [5.41, 5.74) is 2.44. The number of rotatable bonds is 6. The molecular weight excluding hydrogens is 485 g/mol. The van der Waals surface area contributed by atoms with Crippen molar-refractivity contribution in [3.8, 4) is 11.5 Å². The molecule has 2 amide bonds. The fourth-order valence-electron chi connectivity index (χ4n) is 5.53. The van der Waals surface area contributed by atoms with Crippen molar-refractivity contribution in [3.63, 3.8) is 0 Å². The Kier molecular flexibility index (Phi) is 7.49. The molecule has 3 aromatic rings. The Morgan fingerprint density at radius 3 is 2.21 bits per heavy atom. The molecule has 2 saturated heterocycles. The van der Waals surface area contributed by atoms with Gasteiger partial charge < -0.3 is 24.2 Å². The number of piperidine rings is 1. The van der Waals surface area contributed by atoms with Crippen molar-refractivity contribution in [1.82, 2.24) is 4.90 Å². The van der Waals surface area contributed by atoms with Crippen molar-refractivity contribution in [2.75, 3.05) is 50.2 Å². The fourth-order valence-corrected chi connectivity index (χ4v) is 5.53. The van der Waals surface area contributed by atoms with Gasteiger partial charge in [0.2, 0.25) is 11.8 Å². The number of nitrogens with zero attached hydrogens (tertiary/aromatic N) is 3. The molecule has 0 aromatic heterocycles. The number of amides is 2. The first-order chi connectivity index (χ1) is 18.5. The Bertz CT molecular complexity index is 1270. The Balaban J connectivity index is 1.41. The summed E-state index contributed by atoms with van der Waals surface area (Å²) < 4.78 is 24.6. The molecule has 0 spiro atoms. The van der Waals surface area contributed by atoms with E-state index < -0.39 is 12.0 Å². The predicted molar refractivity (Wildman–Crippen MR) is 144 cm³/mol. The van der Waals surface area contributed by atoms with Gasteiger partial charge in [-0.1, -0.05) is 24.3 Å². The van der Waals surface area contributed by atoms with Crippen LogP contribution in [0.2, 0.25) is 0 Å². The van der Waals surface area contributed by atoms with E-state index in [-0.39, 0.29) is 24.1 Å². The molecule has 5 rings (SSSR count). The fraction of sp³-hybridized carbons (Fsp3) is 0.333.